The van der Waals surface area contributed by atoms with Gasteiger partial charge in [0.2, 0.25) is 11.5 Å². The van der Waals surface area contributed by atoms with Crippen molar-refractivity contribution in [2.75, 3.05) is 49.5 Å². The van der Waals surface area contributed by atoms with Crippen LogP contribution < -0.4 is 14.2 Å². The second-order valence-corrected chi connectivity index (χ2v) is 5.95. The number of rotatable bonds is 9. The molecule has 0 fully saturated rings. The minimum atomic E-state index is -0.651. The summed E-state index contributed by atoms with van der Waals surface area (Å²) in [5.41, 5.74) is 0. The maximum Gasteiger partial charge on any atom is 0.375 e. The molecule has 0 unspecified atom stereocenters. The lowest BCUT2D eigenvalue weighted by molar-refractivity contribution is -0.139. The van der Waals surface area contributed by atoms with E-state index in [1.54, 1.807) is 50.1 Å². The Morgan fingerprint density at radius 2 is 1.07 bits per heavy atom. The number of esters is 2. The summed E-state index contributed by atoms with van der Waals surface area (Å²) in [7, 11) is 10.9. The number of benzene rings is 1. The van der Waals surface area contributed by atoms with Crippen LogP contribution in [-0.2, 0) is 19.1 Å². The van der Waals surface area contributed by atoms with Crippen LogP contribution in [0.1, 0.15) is 0 Å². The van der Waals surface area contributed by atoms with Gasteiger partial charge in [-0.1, -0.05) is 0 Å². The quantitative estimate of drug-likeness (QED) is 0.352. The fourth-order valence-electron chi connectivity index (χ4n) is 1.95. The number of ether oxygens (including phenoxy) is 5. The summed E-state index contributed by atoms with van der Waals surface area (Å²) < 4.78 is 26.0. The minimum absolute atomic E-state index is 0.0382. The molecule has 0 spiro atoms. The molecule has 0 radical (unpaired) electrons. The van der Waals surface area contributed by atoms with Gasteiger partial charge in [0.25, 0.3) is 0 Å². The van der Waals surface area contributed by atoms with Crippen LogP contribution in [0.25, 0.3) is 0 Å². The smallest absolute Gasteiger partial charge is 0.375 e. The van der Waals surface area contributed by atoms with Crippen LogP contribution in [0.4, 0.5) is 0 Å². The van der Waals surface area contributed by atoms with Crippen molar-refractivity contribution < 1.29 is 33.3 Å². The Morgan fingerprint density at radius 3 is 1.36 bits per heavy atom. The maximum atomic E-state index is 11.9. The van der Waals surface area contributed by atoms with E-state index in [1.165, 1.54) is 39.8 Å². The standard InChI is InChI=1S/C19H26N2O7/c1-20(2)11-16(18(22)25-6)27-14-8-13(24-5)9-15(10-14)28-17(12-21(3)4)19(23)26-7/h8-12H,1-7H3/b16-11-,17-12-. The van der Waals surface area contributed by atoms with Crippen LogP contribution in [0.15, 0.2) is 42.1 Å². The van der Waals surface area contributed by atoms with Gasteiger partial charge < -0.3 is 33.5 Å². The normalized spacial score (nSPS) is 11.4. The van der Waals surface area contributed by atoms with Gasteiger partial charge in [-0.3, -0.25) is 0 Å². The molecule has 0 atom stereocenters. The lowest BCUT2D eigenvalue weighted by Crippen LogP contribution is -2.16. The highest BCUT2D eigenvalue weighted by Gasteiger charge is 2.17. The van der Waals surface area contributed by atoms with Crippen LogP contribution >= 0.6 is 0 Å². The van der Waals surface area contributed by atoms with E-state index in [0.717, 1.165) is 0 Å². The van der Waals surface area contributed by atoms with Gasteiger partial charge in [0.15, 0.2) is 0 Å². The number of methoxy groups -OCH3 is 3. The molecule has 1 rings (SSSR count). The van der Waals surface area contributed by atoms with E-state index in [2.05, 4.69) is 0 Å². The first-order valence-electron chi connectivity index (χ1n) is 8.18. The summed E-state index contributed by atoms with van der Waals surface area (Å²) >= 11 is 0. The van der Waals surface area contributed by atoms with Gasteiger partial charge in [-0.15, -0.1) is 0 Å². The molecule has 154 valence electrons. The predicted molar refractivity (Wildman–Crippen MR) is 102 cm³/mol. The van der Waals surface area contributed by atoms with Crippen molar-refractivity contribution in [2.45, 2.75) is 0 Å². The Kier molecular flexibility index (Phi) is 8.67. The van der Waals surface area contributed by atoms with E-state index < -0.39 is 11.9 Å². The average molecular weight is 394 g/mol. The molecule has 0 aliphatic carbocycles. The third kappa shape index (κ3) is 7.10. The van der Waals surface area contributed by atoms with Crippen molar-refractivity contribution in [1.29, 1.82) is 0 Å². The number of carbonyl (C=O) groups excluding carboxylic acids is 2. The molecule has 0 aromatic heterocycles. The van der Waals surface area contributed by atoms with Gasteiger partial charge in [-0.05, 0) is 0 Å². The van der Waals surface area contributed by atoms with E-state index in [0.29, 0.717) is 5.75 Å². The van der Waals surface area contributed by atoms with Crippen LogP contribution in [0.3, 0.4) is 0 Å². The fourth-order valence-corrected chi connectivity index (χ4v) is 1.95. The Labute approximate surface area is 164 Å². The van der Waals surface area contributed by atoms with Gasteiger partial charge in [-0.25, -0.2) is 9.59 Å². The third-order valence-electron chi connectivity index (χ3n) is 3.07. The Morgan fingerprint density at radius 1 is 0.714 bits per heavy atom. The molecule has 0 saturated carbocycles. The van der Waals surface area contributed by atoms with Crippen LogP contribution in [0.5, 0.6) is 17.2 Å². The molecule has 0 aliphatic rings. The lowest BCUT2D eigenvalue weighted by atomic mass is 10.3. The SMILES string of the molecule is COC(=O)/C(=C/N(C)C)Oc1cc(OC)cc(O/C(=C\N(C)C)C(=O)OC)c1. The van der Waals surface area contributed by atoms with E-state index in [4.69, 9.17) is 23.7 Å². The second-order valence-electron chi connectivity index (χ2n) is 5.95. The molecular weight excluding hydrogens is 368 g/mol. The van der Waals surface area contributed by atoms with Crippen molar-refractivity contribution in [3.05, 3.63) is 42.1 Å². The molecule has 9 nitrogen and oxygen atoms in total. The summed E-state index contributed by atoms with van der Waals surface area (Å²) in [4.78, 5) is 27.2. The molecule has 0 bridgehead atoms. The van der Waals surface area contributed by atoms with E-state index in [9.17, 15) is 9.59 Å². The monoisotopic (exact) mass is 394 g/mol. The van der Waals surface area contributed by atoms with Gasteiger partial charge in [0.1, 0.15) is 17.2 Å². The van der Waals surface area contributed by atoms with Crippen LogP contribution in [-0.4, -0.2) is 71.3 Å². The van der Waals surface area contributed by atoms with Gasteiger partial charge in [-0.2, -0.15) is 0 Å². The number of hydrogen-bond acceptors (Lipinski definition) is 9. The second kappa shape index (κ2) is 10.7. The van der Waals surface area contributed by atoms with E-state index >= 15 is 0 Å². The molecular formula is C19H26N2O7. The van der Waals surface area contributed by atoms with E-state index in [-0.39, 0.29) is 23.0 Å². The Balaban J connectivity index is 3.27. The molecule has 0 N–H and O–H groups in total. The Hall–Kier alpha value is -3.36. The summed E-state index contributed by atoms with van der Waals surface area (Å²) in [5.74, 6) is -0.476. The highest BCUT2D eigenvalue weighted by Crippen LogP contribution is 2.30. The highest BCUT2D eigenvalue weighted by atomic mass is 16.6. The molecule has 28 heavy (non-hydrogen) atoms. The Bertz CT molecular complexity index is 696. The van der Waals surface area contributed by atoms with Crippen molar-refractivity contribution in [3.63, 3.8) is 0 Å². The molecule has 1 aromatic rings. The van der Waals surface area contributed by atoms with Crippen molar-refractivity contribution in [3.8, 4) is 17.2 Å². The molecule has 0 amide bonds. The minimum Gasteiger partial charge on any atom is -0.496 e. The summed E-state index contributed by atoms with van der Waals surface area (Å²) in [5, 5.41) is 0. The summed E-state index contributed by atoms with van der Waals surface area (Å²) in [6, 6.07) is 4.63. The van der Waals surface area contributed by atoms with Crippen LogP contribution in [0, 0.1) is 0 Å². The zero-order valence-corrected chi connectivity index (χ0v) is 17.1. The fraction of sp³-hybridized carbons (Fsp3) is 0.368. The largest absolute Gasteiger partial charge is 0.496 e. The van der Waals surface area contributed by atoms with Crippen molar-refractivity contribution in [1.82, 2.24) is 9.80 Å². The first-order valence-corrected chi connectivity index (χ1v) is 8.18. The third-order valence-corrected chi connectivity index (χ3v) is 3.07. The molecule has 0 heterocycles. The zero-order chi connectivity index (χ0) is 21.3. The lowest BCUT2D eigenvalue weighted by Gasteiger charge is -2.15. The number of nitrogens with zero attached hydrogens (tertiary/aromatic N) is 2. The molecule has 0 saturated heterocycles. The predicted octanol–water partition coefficient (Wildman–Crippen LogP) is 1.60. The number of carbonyl (C=O) groups is 2. The van der Waals surface area contributed by atoms with E-state index in [1.807, 2.05) is 0 Å². The van der Waals surface area contributed by atoms with Crippen molar-refractivity contribution >= 4 is 11.9 Å². The van der Waals surface area contributed by atoms with Crippen LogP contribution in [0.2, 0.25) is 0 Å². The van der Waals surface area contributed by atoms with Gasteiger partial charge in [0, 0.05) is 58.8 Å². The van der Waals surface area contributed by atoms with Gasteiger partial charge >= 0.3 is 11.9 Å². The van der Waals surface area contributed by atoms with Crippen molar-refractivity contribution in [2.24, 2.45) is 0 Å². The summed E-state index contributed by atoms with van der Waals surface area (Å²) in [6.45, 7) is 0. The first-order chi connectivity index (χ1) is 13.2. The molecule has 1 aromatic carbocycles. The topological polar surface area (TPSA) is 86.8 Å². The average Bonchev–Trinajstić information content (AvgIpc) is 2.64. The summed E-state index contributed by atoms with van der Waals surface area (Å²) in [6.07, 6.45) is 2.94. The highest BCUT2D eigenvalue weighted by molar-refractivity contribution is 5.87. The zero-order valence-electron chi connectivity index (χ0n) is 17.1. The number of hydrogen-bond donors (Lipinski definition) is 0. The first kappa shape index (κ1) is 22.7. The molecule has 0 aliphatic heterocycles. The maximum absolute atomic E-state index is 11.9. The van der Waals surface area contributed by atoms with Gasteiger partial charge in [0.05, 0.1) is 21.3 Å². The molecule has 9 heteroatoms.